The molecule has 0 saturated carbocycles. The lowest BCUT2D eigenvalue weighted by molar-refractivity contribution is -0.135. The van der Waals surface area contributed by atoms with Crippen molar-refractivity contribution in [1.29, 1.82) is 0 Å². The maximum atomic E-state index is 12.5. The van der Waals surface area contributed by atoms with Gasteiger partial charge in [-0.15, -0.1) is 0 Å². The number of rotatable bonds is 4. The minimum absolute atomic E-state index is 0.0122. The van der Waals surface area contributed by atoms with E-state index in [2.05, 4.69) is 0 Å². The van der Waals surface area contributed by atoms with Gasteiger partial charge in [0.25, 0.3) is 5.91 Å². The van der Waals surface area contributed by atoms with Crippen molar-refractivity contribution in [2.75, 3.05) is 26.2 Å². The number of aryl methyl sites for hydroxylation is 2. The van der Waals surface area contributed by atoms with Crippen molar-refractivity contribution in [3.63, 3.8) is 0 Å². The number of carbonyl (C=O) groups excluding carboxylic acids is 2. The zero-order valence-corrected chi connectivity index (χ0v) is 14.5. The first kappa shape index (κ1) is 17.5. The highest BCUT2D eigenvalue weighted by molar-refractivity contribution is 5.95. The molecular formula is C17H27N3O3. The summed E-state index contributed by atoms with van der Waals surface area (Å²) in [6.07, 6.45) is 0.879. The molecule has 0 bridgehead atoms. The summed E-state index contributed by atoms with van der Waals surface area (Å²) in [5.74, 6) is 1.50. The first-order valence-corrected chi connectivity index (χ1v) is 8.25. The Morgan fingerprint density at radius 3 is 2.26 bits per heavy atom. The zero-order chi connectivity index (χ0) is 17.1. The fourth-order valence-corrected chi connectivity index (χ4v) is 2.85. The van der Waals surface area contributed by atoms with Crippen LogP contribution in [-0.4, -0.2) is 53.8 Å². The Morgan fingerprint density at radius 2 is 1.78 bits per heavy atom. The van der Waals surface area contributed by atoms with Crippen molar-refractivity contribution in [1.82, 2.24) is 9.80 Å². The van der Waals surface area contributed by atoms with Crippen molar-refractivity contribution in [2.24, 2.45) is 11.7 Å². The van der Waals surface area contributed by atoms with Gasteiger partial charge in [0.05, 0.1) is 11.6 Å². The van der Waals surface area contributed by atoms with Gasteiger partial charge in [0, 0.05) is 26.2 Å². The quantitative estimate of drug-likeness (QED) is 0.912. The Morgan fingerprint density at radius 1 is 1.22 bits per heavy atom. The molecule has 2 rings (SSSR count). The lowest BCUT2D eigenvalue weighted by Crippen LogP contribution is -2.55. The Bertz CT molecular complexity index is 574. The van der Waals surface area contributed by atoms with Crippen molar-refractivity contribution in [2.45, 2.75) is 40.2 Å². The Labute approximate surface area is 137 Å². The molecule has 23 heavy (non-hydrogen) atoms. The average molecular weight is 321 g/mol. The van der Waals surface area contributed by atoms with Crippen LogP contribution >= 0.6 is 0 Å². The van der Waals surface area contributed by atoms with Gasteiger partial charge in [-0.2, -0.15) is 0 Å². The second-order valence-electron chi connectivity index (χ2n) is 6.36. The molecule has 2 amide bonds. The Balaban J connectivity index is 1.94. The third-order valence-corrected chi connectivity index (χ3v) is 4.69. The smallest absolute Gasteiger partial charge is 0.257 e. The van der Waals surface area contributed by atoms with E-state index < -0.39 is 6.04 Å². The molecule has 0 aromatic carbocycles. The van der Waals surface area contributed by atoms with Crippen molar-refractivity contribution >= 4 is 11.8 Å². The van der Waals surface area contributed by atoms with Gasteiger partial charge in [0.1, 0.15) is 11.5 Å². The second kappa shape index (κ2) is 7.17. The molecule has 1 aromatic rings. The van der Waals surface area contributed by atoms with Crippen LogP contribution in [0.2, 0.25) is 0 Å². The van der Waals surface area contributed by atoms with Crippen LogP contribution in [0, 0.1) is 19.8 Å². The van der Waals surface area contributed by atoms with Crippen LogP contribution in [0.25, 0.3) is 0 Å². The third-order valence-electron chi connectivity index (χ3n) is 4.69. The highest BCUT2D eigenvalue weighted by Gasteiger charge is 2.30. The number of furan rings is 1. The van der Waals surface area contributed by atoms with Gasteiger partial charge < -0.3 is 20.0 Å². The summed E-state index contributed by atoms with van der Waals surface area (Å²) < 4.78 is 5.43. The van der Waals surface area contributed by atoms with E-state index in [4.69, 9.17) is 10.2 Å². The van der Waals surface area contributed by atoms with Gasteiger partial charge >= 0.3 is 0 Å². The maximum absolute atomic E-state index is 12.5. The van der Waals surface area contributed by atoms with Crippen LogP contribution < -0.4 is 5.73 Å². The molecule has 128 valence electrons. The minimum atomic E-state index is -0.457. The topological polar surface area (TPSA) is 79.8 Å². The van der Waals surface area contributed by atoms with Crippen LogP contribution in [0.15, 0.2) is 10.5 Å². The number of hydrogen-bond donors (Lipinski definition) is 1. The van der Waals surface area contributed by atoms with E-state index in [1.54, 1.807) is 22.8 Å². The van der Waals surface area contributed by atoms with Gasteiger partial charge in [-0.1, -0.05) is 20.3 Å². The maximum Gasteiger partial charge on any atom is 0.257 e. The van der Waals surface area contributed by atoms with Crippen LogP contribution in [0.4, 0.5) is 0 Å². The lowest BCUT2D eigenvalue weighted by Gasteiger charge is -2.36. The number of nitrogens with zero attached hydrogens (tertiary/aromatic N) is 2. The molecule has 2 N–H and O–H groups in total. The fourth-order valence-electron chi connectivity index (χ4n) is 2.85. The molecule has 1 aliphatic heterocycles. The number of nitrogens with two attached hydrogens (primary N) is 1. The molecule has 1 saturated heterocycles. The molecule has 0 aliphatic carbocycles. The molecule has 2 unspecified atom stereocenters. The number of carbonyl (C=O) groups is 2. The van der Waals surface area contributed by atoms with Gasteiger partial charge in [0.15, 0.2) is 0 Å². The monoisotopic (exact) mass is 321 g/mol. The minimum Gasteiger partial charge on any atom is -0.466 e. The normalized spacial score (nSPS) is 18.0. The molecule has 0 radical (unpaired) electrons. The van der Waals surface area contributed by atoms with Gasteiger partial charge in [-0.3, -0.25) is 9.59 Å². The van der Waals surface area contributed by atoms with E-state index in [9.17, 15) is 9.59 Å². The summed E-state index contributed by atoms with van der Waals surface area (Å²) in [5, 5.41) is 0. The predicted molar refractivity (Wildman–Crippen MR) is 88.1 cm³/mol. The molecule has 1 aromatic heterocycles. The van der Waals surface area contributed by atoms with E-state index >= 15 is 0 Å². The van der Waals surface area contributed by atoms with Crippen molar-refractivity contribution in [3.8, 4) is 0 Å². The molecule has 2 heterocycles. The number of piperazine rings is 1. The predicted octanol–water partition coefficient (Wildman–Crippen LogP) is 1.55. The zero-order valence-electron chi connectivity index (χ0n) is 14.5. The molecule has 6 heteroatoms. The second-order valence-corrected chi connectivity index (χ2v) is 6.36. The van der Waals surface area contributed by atoms with Gasteiger partial charge in [-0.05, 0) is 25.8 Å². The summed E-state index contributed by atoms with van der Waals surface area (Å²) in [6, 6.07) is 1.31. The van der Waals surface area contributed by atoms with E-state index in [0.29, 0.717) is 37.5 Å². The molecular weight excluding hydrogens is 294 g/mol. The Kier molecular flexibility index (Phi) is 5.46. The van der Waals surface area contributed by atoms with E-state index in [1.807, 2.05) is 20.8 Å². The summed E-state index contributed by atoms with van der Waals surface area (Å²) in [6.45, 7) is 9.77. The Hall–Kier alpha value is -1.82. The van der Waals surface area contributed by atoms with Crippen molar-refractivity contribution in [3.05, 3.63) is 23.2 Å². The van der Waals surface area contributed by atoms with E-state index in [1.165, 1.54) is 0 Å². The number of amides is 2. The van der Waals surface area contributed by atoms with Crippen molar-refractivity contribution < 1.29 is 14.0 Å². The lowest BCUT2D eigenvalue weighted by atomic mass is 9.98. The van der Waals surface area contributed by atoms with E-state index in [-0.39, 0.29) is 17.7 Å². The van der Waals surface area contributed by atoms with Crippen LogP contribution in [0.3, 0.4) is 0 Å². The van der Waals surface area contributed by atoms with Crippen LogP contribution in [-0.2, 0) is 4.79 Å². The first-order valence-electron chi connectivity index (χ1n) is 8.25. The summed E-state index contributed by atoms with van der Waals surface area (Å²) in [5.41, 5.74) is 6.64. The first-order chi connectivity index (χ1) is 10.8. The highest BCUT2D eigenvalue weighted by Crippen LogP contribution is 2.18. The molecule has 1 fully saturated rings. The SMILES string of the molecule is CCC(C)C(N)C(=O)N1CCN(C(=O)c2cc(C)oc2C)CC1. The summed E-state index contributed by atoms with van der Waals surface area (Å²) in [4.78, 5) is 28.5. The molecule has 2 atom stereocenters. The van der Waals surface area contributed by atoms with Crippen LogP contribution in [0.1, 0.15) is 42.1 Å². The largest absolute Gasteiger partial charge is 0.466 e. The average Bonchev–Trinajstić information content (AvgIpc) is 2.90. The van der Waals surface area contributed by atoms with E-state index in [0.717, 1.165) is 12.2 Å². The molecule has 6 nitrogen and oxygen atoms in total. The molecule has 1 aliphatic rings. The standard InChI is InChI=1S/C17H27N3O3/c1-5-11(2)15(18)17(22)20-8-6-19(7-9-20)16(21)14-10-12(3)23-13(14)4/h10-11,15H,5-9,18H2,1-4H3. The highest BCUT2D eigenvalue weighted by atomic mass is 16.3. The van der Waals surface area contributed by atoms with Crippen LogP contribution in [0.5, 0.6) is 0 Å². The third kappa shape index (κ3) is 3.75. The summed E-state index contributed by atoms with van der Waals surface area (Å²) in [7, 11) is 0. The fraction of sp³-hybridized carbons (Fsp3) is 0.647. The summed E-state index contributed by atoms with van der Waals surface area (Å²) >= 11 is 0. The van der Waals surface area contributed by atoms with Gasteiger partial charge in [-0.25, -0.2) is 0 Å². The molecule has 0 spiro atoms. The number of hydrogen-bond acceptors (Lipinski definition) is 4. The van der Waals surface area contributed by atoms with Gasteiger partial charge in [0.2, 0.25) is 5.91 Å².